The predicted octanol–water partition coefficient (Wildman–Crippen LogP) is 2.45. The number of ether oxygens (including phenoxy) is 2. The molecule has 1 heterocycles. The van der Waals surface area contributed by atoms with E-state index in [1.165, 1.54) is 4.90 Å². The van der Waals surface area contributed by atoms with Crippen molar-refractivity contribution in [2.45, 2.75) is 64.2 Å². The number of nitrogens with one attached hydrogen (secondary N) is 1. The molecule has 0 unspecified atom stereocenters. The van der Waals surface area contributed by atoms with E-state index in [1.807, 2.05) is 20.8 Å². The molecule has 2 aliphatic rings. The smallest absolute Gasteiger partial charge is 0.407 e. The lowest BCUT2D eigenvalue weighted by atomic mass is 9.89. The van der Waals surface area contributed by atoms with Crippen molar-refractivity contribution in [2.24, 2.45) is 5.92 Å². The number of amides is 2. The first-order valence-corrected chi connectivity index (χ1v) is 8.32. The molecule has 0 aromatic rings. The molecule has 1 saturated carbocycles. The van der Waals surface area contributed by atoms with Crippen molar-refractivity contribution in [3.63, 3.8) is 0 Å². The molecule has 0 radical (unpaired) electrons. The molecule has 132 valence electrons. The minimum atomic E-state index is -0.834. The highest BCUT2D eigenvalue weighted by molar-refractivity contribution is 5.68. The van der Waals surface area contributed by atoms with Gasteiger partial charge in [-0.1, -0.05) is 0 Å². The first-order valence-electron chi connectivity index (χ1n) is 8.32. The van der Waals surface area contributed by atoms with Gasteiger partial charge in [-0.25, -0.2) is 9.59 Å². The van der Waals surface area contributed by atoms with Gasteiger partial charge in [0.2, 0.25) is 0 Å². The van der Waals surface area contributed by atoms with Gasteiger partial charge in [0.25, 0.3) is 0 Å². The Morgan fingerprint density at radius 3 is 2.35 bits per heavy atom. The van der Waals surface area contributed by atoms with Gasteiger partial charge in [-0.05, 0) is 52.4 Å². The van der Waals surface area contributed by atoms with E-state index in [0.717, 1.165) is 25.7 Å². The Morgan fingerprint density at radius 1 is 1.22 bits per heavy atom. The quantitative estimate of drug-likeness (QED) is 0.827. The van der Waals surface area contributed by atoms with Crippen molar-refractivity contribution in [3.8, 4) is 0 Å². The molecule has 2 fully saturated rings. The molecule has 23 heavy (non-hydrogen) atoms. The zero-order chi connectivity index (χ0) is 17.0. The van der Waals surface area contributed by atoms with Crippen molar-refractivity contribution < 1.29 is 24.2 Å². The summed E-state index contributed by atoms with van der Waals surface area (Å²) in [6.45, 7) is 7.39. The van der Waals surface area contributed by atoms with Crippen LogP contribution in [0.5, 0.6) is 0 Å². The maximum atomic E-state index is 11.6. The van der Waals surface area contributed by atoms with E-state index in [0.29, 0.717) is 25.6 Å². The van der Waals surface area contributed by atoms with Gasteiger partial charge < -0.3 is 24.8 Å². The number of likely N-dealkylation sites (tertiary alicyclic amines) is 1. The van der Waals surface area contributed by atoms with Crippen LogP contribution in [0.4, 0.5) is 9.59 Å². The fourth-order valence-electron chi connectivity index (χ4n) is 2.86. The third kappa shape index (κ3) is 5.89. The summed E-state index contributed by atoms with van der Waals surface area (Å²) in [6, 6.07) is 0.128. The minimum absolute atomic E-state index is 0.128. The van der Waals surface area contributed by atoms with Gasteiger partial charge in [0.1, 0.15) is 5.60 Å². The summed E-state index contributed by atoms with van der Waals surface area (Å²) in [5.74, 6) is 0.434. The first kappa shape index (κ1) is 17.8. The van der Waals surface area contributed by atoms with E-state index >= 15 is 0 Å². The number of carbonyl (C=O) groups excluding carboxylic acids is 1. The molecule has 7 nitrogen and oxygen atoms in total. The van der Waals surface area contributed by atoms with Crippen molar-refractivity contribution in [2.75, 3.05) is 19.7 Å². The summed E-state index contributed by atoms with van der Waals surface area (Å²) in [5, 5.41) is 11.8. The van der Waals surface area contributed by atoms with Crippen molar-refractivity contribution in [1.82, 2.24) is 10.2 Å². The molecule has 0 bridgehead atoms. The number of rotatable bonds is 4. The standard InChI is InChI=1S/C16H28N2O5/c1-16(2,3)23-14(19)17-12-8-13(9-12)22-10-11-4-6-18(7-5-11)15(20)21/h11-13H,4-10H2,1-3H3,(H,17,19)(H,20,21). The largest absolute Gasteiger partial charge is 0.465 e. The molecule has 0 aromatic carbocycles. The Labute approximate surface area is 137 Å². The molecule has 1 aliphatic carbocycles. The van der Waals surface area contributed by atoms with Gasteiger partial charge in [0.05, 0.1) is 6.10 Å². The van der Waals surface area contributed by atoms with Crippen LogP contribution in [-0.4, -0.2) is 59.6 Å². The normalized spacial score (nSPS) is 25.6. The Kier molecular flexibility index (Phi) is 5.73. The van der Waals surface area contributed by atoms with Gasteiger partial charge in [-0.15, -0.1) is 0 Å². The average molecular weight is 328 g/mol. The molecule has 0 atom stereocenters. The van der Waals surface area contributed by atoms with Crippen LogP contribution in [0.3, 0.4) is 0 Å². The van der Waals surface area contributed by atoms with Crippen molar-refractivity contribution in [1.29, 1.82) is 0 Å². The number of hydrogen-bond acceptors (Lipinski definition) is 4. The van der Waals surface area contributed by atoms with Gasteiger partial charge in [0, 0.05) is 25.7 Å². The monoisotopic (exact) mass is 328 g/mol. The van der Waals surface area contributed by atoms with Crippen molar-refractivity contribution >= 4 is 12.2 Å². The summed E-state index contributed by atoms with van der Waals surface area (Å²) < 4.78 is 11.1. The second-order valence-electron chi connectivity index (χ2n) is 7.48. The Bertz CT molecular complexity index is 421. The summed E-state index contributed by atoms with van der Waals surface area (Å²) in [4.78, 5) is 23.9. The van der Waals surface area contributed by atoms with Crippen LogP contribution >= 0.6 is 0 Å². The molecular weight excluding hydrogens is 300 g/mol. The Hall–Kier alpha value is -1.50. The van der Waals surface area contributed by atoms with Gasteiger partial charge >= 0.3 is 12.2 Å². The summed E-state index contributed by atoms with van der Waals surface area (Å²) >= 11 is 0. The zero-order valence-corrected chi connectivity index (χ0v) is 14.2. The van der Waals surface area contributed by atoms with Crippen LogP contribution in [0.2, 0.25) is 0 Å². The summed E-state index contributed by atoms with van der Waals surface area (Å²) in [7, 11) is 0. The Balaban J connectivity index is 1.55. The average Bonchev–Trinajstić information content (AvgIpc) is 2.39. The highest BCUT2D eigenvalue weighted by atomic mass is 16.6. The lowest BCUT2D eigenvalue weighted by Gasteiger charge is -2.37. The van der Waals surface area contributed by atoms with E-state index in [9.17, 15) is 9.59 Å². The molecule has 0 aromatic heterocycles. The van der Waals surface area contributed by atoms with E-state index in [4.69, 9.17) is 14.6 Å². The summed E-state index contributed by atoms with van der Waals surface area (Å²) in [6.07, 6.45) is 2.33. The van der Waals surface area contributed by atoms with Crippen LogP contribution in [0.15, 0.2) is 0 Å². The maximum Gasteiger partial charge on any atom is 0.407 e. The highest BCUT2D eigenvalue weighted by Crippen LogP contribution is 2.26. The van der Waals surface area contributed by atoms with Gasteiger partial charge in [0.15, 0.2) is 0 Å². The number of alkyl carbamates (subject to hydrolysis) is 1. The Morgan fingerprint density at radius 2 is 1.83 bits per heavy atom. The van der Waals surface area contributed by atoms with E-state index < -0.39 is 11.7 Å². The topological polar surface area (TPSA) is 88.1 Å². The second kappa shape index (κ2) is 7.38. The third-order valence-electron chi connectivity index (χ3n) is 4.27. The molecule has 2 rings (SSSR count). The zero-order valence-electron chi connectivity index (χ0n) is 14.2. The number of carbonyl (C=O) groups is 2. The lowest BCUT2D eigenvalue weighted by molar-refractivity contribution is -0.0411. The van der Waals surface area contributed by atoms with Gasteiger partial charge in [-0.2, -0.15) is 0 Å². The molecule has 1 saturated heterocycles. The molecule has 0 spiro atoms. The van der Waals surface area contributed by atoms with Crippen LogP contribution in [-0.2, 0) is 9.47 Å². The van der Waals surface area contributed by atoms with E-state index in [-0.39, 0.29) is 18.2 Å². The van der Waals surface area contributed by atoms with Crippen LogP contribution in [0.25, 0.3) is 0 Å². The summed E-state index contributed by atoms with van der Waals surface area (Å²) in [5.41, 5.74) is -0.478. The van der Waals surface area contributed by atoms with E-state index in [1.54, 1.807) is 0 Å². The fraction of sp³-hybridized carbons (Fsp3) is 0.875. The van der Waals surface area contributed by atoms with Crippen LogP contribution in [0, 0.1) is 5.92 Å². The third-order valence-corrected chi connectivity index (χ3v) is 4.27. The first-order chi connectivity index (χ1) is 10.7. The lowest BCUT2D eigenvalue weighted by Crippen LogP contribution is -2.49. The molecule has 2 N–H and O–H groups in total. The minimum Gasteiger partial charge on any atom is -0.465 e. The number of carboxylic acid groups (broad SMARTS) is 1. The fourth-order valence-corrected chi connectivity index (χ4v) is 2.86. The molecule has 2 amide bonds. The molecule has 7 heteroatoms. The SMILES string of the molecule is CC(C)(C)OC(=O)NC1CC(OCC2CCN(C(=O)O)CC2)C1. The van der Waals surface area contributed by atoms with Crippen molar-refractivity contribution in [3.05, 3.63) is 0 Å². The van der Waals surface area contributed by atoms with Crippen LogP contribution in [0.1, 0.15) is 46.5 Å². The predicted molar refractivity (Wildman–Crippen MR) is 84.5 cm³/mol. The molecule has 1 aliphatic heterocycles. The van der Waals surface area contributed by atoms with Gasteiger partial charge in [-0.3, -0.25) is 0 Å². The maximum absolute atomic E-state index is 11.6. The number of hydrogen-bond donors (Lipinski definition) is 2. The molecular formula is C16H28N2O5. The number of nitrogens with zero attached hydrogens (tertiary/aromatic N) is 1. The van der Waals surface area contributed by atoms with Crippen LogP contribution < -0.4 is 5.32 Å². The number of piperidine rings is 1. The second-order valence-corrected chi connectivity index (χ2v) is 7.48. The highest BCUT2D eigenvalue weighted by Gasteiger charge is 2.33. The van der Waals surface area contributed by atoms with E-state index in [2.05, 4.69) is 5.32 Å².